The summed E-state index contributed by atoms with van der Waals surface area (Å²) >= 11 is 8.10. The van der Waals surface area contributed by atoms with E-state index in [0.717, 1.165) is 30.1 Å². The molecule has 2 aliphatic heterocycles. The number of amides is 1. The molecule has 0 spiro atoms. The van der Waals surface area contributed by atoms with Gasteiger partial charge in [-0.3, -0.25) is 4.79 Å². The van der Waals surface area contributed by atoms with Gasteiger partial charge in [0, 0.05) is 50.8 Å². The number of carbonyl (C=O) groups is 1. The normalized spacial score (nSPS) is 24.3. The van der Waals surface area contributed by atoms with Gasteiger partial charge >= 0.3 is 0 Å². The summed E-state index contributed by atoms with van der Waals surface area (Å²) in [5.41, 5.74) is 1.08. The van der Waals surface area contributed by atoms with Gasteiger partial charge < -0.3 is 9.80 Å². The first-order valence-electron chi connectivity index (χ1n) is 6.64. The van der Waals surface area contributed by atoms with E-state index in [1.54, 1.807) is 18.7 Å². The van der Waals surface area contributed by atoms with Gasteiger partial charge in [-0.25, -0.2) is 9.97 Å². The van der Waals surface area contributed by atoms with Crippen LogP contribution >= 0.6 is 23.4 Å². The van der Waals surface area contributed by atoms with Gasteiger partial charge in [0.2, 0.25) is 11.9 Å². The number of likely N-dealkylation sites (tertiary alicyclic amines) is 1. The third kappa shape index (κ3) is 2.24. The van der Waals surface area contributed by atoms with E-state index in [-0.39, 0.29) is 5.91 Å². The fourth-order valence-corrected chi connectivity index (χ4v) is 4.66. The minimum atomic E-state index is 0.145. The van der Waals surface area contributed by atoms with Crippen molar-refractivity contribution in [1.29, 1.82) is 0 Å². The number of thioether (sulfide) groups is 1. The van der Waals surface area contributed by atoms with Gasteiger partial charge in [0.1, 0.15) is 10.2 Å². The maximum absolute atomic E-state index is 11.5. The van der Waals surface area contributed by atoms with Crippen LogP contribution < -0.4 is 4.90 Å². The van der Waals surface area contributed by atoms with Crippen molar-refractivity contribution in [2.24, 2.45) is 0 Å². The quantitative estimate of drug-likeness (QED) is 0.742. The molecular formula is C13H17ClN4OS. The van der Waals surface area contributed by atoms with Crippen molar-refractivity contribution in [3.63, 3.8) is 0 Å². The van der Waals surface area contributed by atoms with Crippen LogP contribution in [0.1, 0.15) is 24.8 Å². The lowest BCUT2D eigenvalue weighted by molar-refractivity contribution is -0.129. The minimum absolute atomic E-state index is 0.145. The molecular weight excluding hydrogens is 296 g/mol. The lowest BCUT2D eigenvalue weighted by Crippen LogP contribution is -2.42. The van der Waals surface area contributed by atoms with E-state index in [9.17, 15) is 4.79 Å². The summed E-state index contributed by atoms with van der Waals surface area (Å²) in [4.78, 5) is 24.3. The van der Waals surface area contributed by atoms with Crippen LogP contribution in [-0.4, -0.2) is 53.2 Å². The average Bonchev–Trinajstić information content (AvgIpc) is 2.75. The average molecular weight is 313 g/mol. The number of hydrogen-bond acceptors (Lipinski definition) is 5. The van der Waals surface area contributed by atoms with E-state index >= 15 is 0 Å². The summed E-state index contributed by atoms with van der Waals surface area (Å²) in [6.45, 7) is 3.20. The first-order chi connectivity index (χ1) is 9.47. The summed E-state index contributed by atoms with van der Waals surface area (Å²) in [5.74, 6) is 1.16. The van der Waals surface area contributed by atoms with E-state index in [2.05, 4.69) is 9.97 Å². The van der Waals surface area contributed by atoms with Crippen molar-refractivity contribution in [3.05, 3.63) is 10.7 Å². The molecule has 2 atom stereocenters. The van der Waals surface area contributed by atoms with Crippen LogP contribution in [0.4, 0.5) is 5.95 Å². The van der Waals surface area contributed by atoms with Gasteiger partial charge in [0.25, 0.3) is 0 Å². The Kier molecular flexibility index (Phi) is 3.54. The van der Waals surface area contributed by atoms with Crippen LogP contribution in [0.2, 0.25) is 5.15 Å². The second kappa shape index (κ2) is 5.07. The Morgan fingerprint density at radius 3 is 2.85 bits per heavy atom. The topological polar surface area (TPSA) is 49.3 Å². The Labute approximate surface area is 127 Å². The van der Waals surface area contributed by atoms with Gasteiger partial charge in [-0.2, -0.15) is 0 Å². The highest BCUT2D eigenvalue weighted by molar-refractivity contribution is 8.00. The van der Waals surface area contributed by atoms with Crippen molar-refractivity contribution < 1.29 is 4.79 Å². The molecule has 0 N–H and O–H groups in total. The van der Waals surface area contributed by atoms with E-state index < -0.39 is 0 Å². The highest BCUT2D eigenvalue weighted by atomic mass is 35.5. The zero-order valence-corrected chi connectivity index (χ0v) is 13.3. The minimum Gasteiger partial charge on any atom is -0.347 e. The Morgan fingerprint density at radius 1 is 1.45 bits per heavy atom. The number of halogens is 1. The predicted octanol–water partition coefficient (Wildman–Crippen LogP) is 2.01. The predicted molar refractivity (Wildman–Crippen MR) is 80.6 cm³/mol. The van der Waals surface area contributed by atoms with E-state index in [1.807, 2.05) is 23.9 Å². The van der Waals surface area contributed by atoms with Crippen LogP contribution in [0.3, 0.4) is 0 Å². The molecule has 0 bridgehead atoms. The van der Waals surface area contributed by atoms with Crippen molar-refractivity contribution in [1.82, 2.24) is 14.9 Å². The van der Waals surface area contributed by atoms with Crippen molar-refractivity contribution in [3.8, 4) is 0 Å². The van der Waals surface area contributed by atoms with E-state index in [0.29, 0.717) is 22.3 Å². The SMILES string of the molecule is CC(=O)N1CCC2c3c(Cl)nc(N(C)C)nc3SC2C1. The second-order valence-corrected chi connectivity index (χ2v) is 7.03. The fourth-order valence-electron chi connectivity index (χ4n) is 2.81. The number of nitrogens with zero attached hydrogens (tertiary/aromatic N) is 4. The maximum Gasteiger partial charge on any atom is 0.227 e. The van der Waals surface area contributed by atoms with Gasteiger partial charge in [0.15, 0.2) is 0 Å². The molecule has 0 saturated carbocycles. The third-order valence-corrected chi connectivity index (χ3v) is 5.49. The highest BCUT2D eigenvalue weighted by Crippen LogP contribution is 2.50. The first-order valence-corrected chi connectivity index (χ1v) is 7.90. The Morgan fingerprint density at radius 2 is 2.20 bits per heavy atom. The van der Waals surface area contributed by atoms with Gasteiger partial charge in [0.05, 0.1) is 0 Å². The molecule has 7 heteroatoms. The summed E-state index contributed by atoms with van der Waals surface area (Å²) < 4.78 is 0. The fraction of sp³-hybridized carbons (Fsp3) is 0.615. The summed E-state index contributed by atoms with van der Waals surface area (Å²) in [6, 6.07) is 0. The number of piperidine rings is 1. The number of hydrogen-bond donors (Lipinski definition) is 0. The number of anilines is 1. The maximum atomic E-state index is 11.5. The molecule has 0 aromatic carbocycles. The summed E-state index contributed by atoms with van der Waals surface area (Å²) in [7, 11) is 3.81. The van der Waals surface area contributed by atoms with E-state index in [4.69, 9.17) is 11.6 Å². The lowest BCUT2D eigenvalue weighted by atomic mass is 9.91. The molecule has 5 nitrogen and oxygen atoms in total. The molecule has 20 heavy (non-hydrogen) atoms. The largest absolute Gasteiger partial charge is 0.347 e. The molecule has 3 heterocycles. The molecule has 1 fully saturated rings. The Balaban J connectivity index is 1.92. The van der Waals surface area contributed by atoms with Crippen molar-refractivity contribution >= 4 is 35.2 Å². The molecule has 2 aliphatic rings. The van der Waals surface area contributed by atoms with Crippen molar-refractivity contribution in [2.75, 3.05) is 32.1 Å². The molecule has 0 radical (unpaired) electrons. The molecule has 108 valence electrons. The summed E-state index contributed by atoms with van der Waals surface area (Å²) in [5, 5.41) is 1.90. The van der Waals surface area contributed by atoms with Crippen LogP contribution in [0.5, 0.6) is 0 Å². The Hall–Kier alpha value is -1.01. The van der Waals surface area contributed by atoms with E-state index in [1.165, 1.54) is 0 Å². The zero-order chi connectivity index (χ0) is 14.4. The van der Waals surface area contributed by atoms with Gasteiger partial charge in [-0.05, 0) is 6.42 Å². The van der Waals surface area contributed by atoms with Crippen LogP contribution in [0.25, 0.3) is 0 Å². The molecule has 1 amide bonds. The van der Waals surface area contributed by atoms with Crippen LogP contribution in [0, 0.1) is 0 Å². The molecule has 2 unspecified atom stereocenters. The third-order valence-electron chi connectivity index (χ3n) is 3.89. The number of carbonyl (C=O) groups excluding carboxylic acids is 1. The second-order valence-electron chi connectivity index (χ2n) is 5.44. The van der Waals surface area contributed by atoms with Crippen LogP contribution in [0.15, 0.2) is 5.03 Å². The summed E-state index contributed by atoms with van der Waals surface area (Å²) in [6.07, 6.45) is 0.939. The smallest absolute Gasteiger partial charge is 0.227 e. The number of fused-ring (bicyclic) bond motifs is 3. The molecule has 0 aliphatic carbocycles. The standard InChI is InChI=1S/C13H17ClN4OS/c1-7(19)18-5-4-8-9(6-18)20-12-10(8)11(14)15-13(16-12)17(2)3/h8-9H,4-6H2,1-3H3. The van der Waals surface area contributed by atoms with Crippen molar-refractivity contribution in [2.45, 2.75) is 29.5 Å². The number of rotatable bonds is 1. The Bertz CT molecular complexity index is 566. The molecule has 1 saturated heterocycles. The molecule has 1 aromatic rings. The monoisotopic (exact) mass is 312 g/mol. The highest BCUT2D eigenvalue weighted by Gasteiger charge is 2.41. The number of aromatic nitrogens is 2. The first kappa shape index (κ1) is 13.9. The van der Waals surface area contributed by atoms with Crippen LogP contribution in [-0.2, 0) is 4.79 Å². The molecule has 3 rings (SSSR count). The molecule has 1 aromatic heterocycles. The van der Waals surface area contributed by atoms with Gasteiger partial charge in [-0.15, -0.1) is 11.8 Å². The van der Waals surface area contributed by atoms with Gasteiger partial charge in [-0.1, -0.05) is 11.6 Å². The lowest BCUT2D eigenvalue weighted by Gasteiger charge is -2.33. The zero-order valence-electron chi connectivity index (χ0n) is 11.8.